The van der Waals surface area contributed by atoms with E-state index < -0.39 is 42.5 Å². The average molecular weight is 353 g/mol. The van der Waals surface area contributed by atoms with Crippen molar-refractivity contribution in [3.8, 4) is 0 Å². The molecule has 134 valence electrons. The molecule has 0 aromatic heterocycles. The van der Waals surface area contributed by atoms with Crippen molar-refractivity contribution in [3.63, 3.8) is 0 Å². The van der Waals surface area contributed by atoms with Gasteiger partial charge in [0, 0.05) is 0 Å². The van der Waals surface area contributed by atoms with Crippen LogP contribution >= 0.6 is 0 Å². The van der Waals surface area contributed by atoms with E-state index >= 15 is 0 Å². The molecule has 26 heavy (non-hydrogen) atoms. The molecule has 1 aliphatic rings. The lowest BCUT2D eigenvalue weighted by atomic mass is 9.93. The van der Waals surface area contributed by atoms with E-state index in [1.807, 2.05) is 30.3 Å². The standard InChI is InChI=1S/C20H19NO5/c1-13-18(15-10-6-3-7-11-15)26-20(25)21(13)19(24)16(12-17(22)23)14-8-4-2-5-9-14/h2-11,13,16,18H,12H2,1H3,(H,22,23)/t13-,16-,18-/m0/s1. The quantitative estimate of drug-likeness (QED) is 0.891. The number of hydrogen-bond donors (Lipinski definition) is 1. The Morgan fingerprint density at radius 3 is 2.23 bits per heavy atom. The zero-order valence-corrected chi connectivity index (χ0v) is 14.2. The predicted molar refractivity (Wildman–Crippen MR) is 93.4 cm³/mol. The molecule has 0 radical (unpaired) electrons. The summed E-state index contributed by atoms with van der Waals surface area (Å²) in [5.41, 5.74) is 1.35. The summed E-state index contributed by atoms with van der Waals surface area (Å²) in [6, 6.07) is 17.3. The zero-order chi connectivity index (χ0) is 18.7. The van der Waals surface area contributed by atoms with Crippen LogP contribution in [0, 0.1) is 0 Å². The van der Waals surface area contributed by atoms with Gasteiger partial charge in [0.25, 0.3) is 0 Å². The number of amides is 2. The monoisotopic (exact) mass is 353 g/mol. The lowest BCUT2D eigenvalue weighted by Gasteiger charge is -2.24. The number of cyclic esters (lactones) is 1. The SMILES string of the molecule is C[C@H]1[C@@H](c2ccccc2)OC(=O)N1C(=O)[C@@H](CC(=O)O)c1ccccc1. The first kappa shape index (κ1) is 17.7. The summed E-state index contributed by atoms with van der Waals surface area (Å²) >= 11 is 0. The third-order valence-electron chi connectivity index (χ3n) is 4.51. The Morgan fingerprint density at radius 1 is 1.08 bits per heavy atom. The van der Waals surface area contributed by atoms with Gasteiger partial charge in [0.05, 0.1) is 18.4 Å². The largest absolute Gasteiger partial charge is 0.481 e. The van der Waals surface area contributed by atoms with E-state index in [1.165, 1.54) is 0 Å². The number of carbonyl (C=O) groups is 3. The first-order chi connectivity index (χ1) is 12.5. The predicted octanol–water partition coefficient (Wildman–Crippen LogP) is 3.35. The van der Waals surface area contributed by atoms with Crippen LogP contribution < -0.4 is 0 Å². The molecule has 1 aliphatic heterocycles. The van der Waals surface area contributed by atoms with Gasteiger partial charge in [0.15, 0.2) is 0 Å². The maximum Gasteiger partial charge on any atom is 0.417 e. The Bertz CT molecular complexity index is 805. The van der Waals surface area contributed by atoms with Crippen LogP contribution in [0.4, 0.5) is 4.79 Å². The van der Waals surface area contributed by atoms with Gasteiger partial charge in [-0.05, 0) is 18.1 Å². The molecular formula is C20H19NO5. The van der Waals surface area contributed by atoms with Gasteiger partial charge in [-0.1, -0.05) is 60.7 Å². The third-order valence-corrected chi connectivity index (χ3v) is 4.51. The summed E-state index contributed by atoms with van der Waals surface area (Å²) in [6.07, 6.45) is -1.72. The first-order valence-electron chi connectivity index (χ1n) is 8.34. The number of aliphatic carboxylic acids is 1. The second-order valence-electron chi connectivity index (χ2n) is 6.23. The Balaban J connectivity index is 1.89. The molecule has 2 aromatic rings. The second-order valence-corrected chi connectivity index (χ2v) is 6.23. The minimum absolute atomic E-state index is 0.394. The molecule has 2 aromatic carbocycles. The van der Waals surface area contributed by atoms with E-state index in [1.54, 1.807) is 37.3 Å². The van der Waals surface area contributed by atoms with Crippen molar-refractivity contribution in [3.05, 3.63) is 71.8 Å². The molecular weight excluding hydrogens is 334 g/mol. The van der Waals surface area contributed by atoms with Crippen LogP contribution in [0.1, 0.15) is 36.5 Å². The van der Waals surface area contributed by atoms with Gasteiger partial charge in [0.2, 0.25) is 5.91 Å². The second kappa shape index (κ2) is 7.39. The normalized spacial score (nSPS) is 20.5. The molecule has 6 heteroatoms. The lowest BCUT2D eigenvalue weighted by molar-refractivity contribution is -0.141. The van der Waals surface area contributed by atoms with Crippen LogP contribution in [0.5, 0.6) is 0 Å². The van der Waals surface area contributed by atoms with Crippen LogP contribution in [-0.4, -0.2) is 34.0 Å². The fourth-order valence-electron chi connectivity index (χ4n) is 3.22. The number of carbonyl (C=O) groups excluding carboxylic acids is 2. The average Bonchev–Trinajstić information content (AvgIpc) is 2.95. The van der Waals surface area contributed by atoms with Gasteiger partial charge in [-0.25, -0.2) is 9.69 Å². The van der Waals surface area contributed by atoms with Crippen LogP contribution in [0.2, 0.25) is 0 Å². The molecule has 3 rings (SSSR count). The Kier molecular flexibility index (Phi) is 5.02. The van der Waals surface area contributed by atoms with Crippen LogP contribution in [-0.2, 0) is 14.3 Å². The van der Waals surface area contributed by atoms with E-state index in [9.17, 15) is 19.5 Å². The fraction of sp³-hybridized carbons (Fsp3) is 0.250. The zero-order valence-electron chi connectivity index (χ0n) is 14.2. The van der Waals surface area contributed by atoms with E-state index in [-0.39, 0.29) is 0 Å². The van der Waals surface area contributed by atoms with Crippen LogP contribution in [0.15, 0.2) is 60.7 Å². The Labute approximate surface area is 151 Å². The number of ether oxygens (including phenoxy) is 1. The van der Waals surface area contributed by atoms with Gasteiger partial charge < -0.3 is 9.84 Å². The molecule has 6 nitrogen and oxygen atoms in total. The lowest BCUT2D eigenvalue weighted by Crippen LogP contribution is -2.41. The van der Waals surface area contributed by atoms with Gasteiger partial charge in [-0.15, -0.1) is 0 Å². The molecule has 0 aliphatic carbocycles. The van der Waals surface area contributed by atoms with Crippen molar-refractivity contribution in [2.45, 2.75) is 31.4 Å². The highest BCUT2D eigenvalue weighted by atomic mass is 16.6. The van der Waals surface area contributed by atoms with Crippen LogP contribution in [0.25, 0.3) is 0 Å². The van der Waals surface area contributed by atoms with Crippen molar-refractivity contribution >= 4 is 18.0 Å². The van der Waals surface area contributed by atoms with Gasteiger partial charge in [0.1, 0.15) is 6.10 Å². The van der Waals surface area contributed by atoms with E-state index in [4.69, 9.17) is 4.74 Å². The highest BCUT2D eigenvalue weighted by Gasteiger charge is 2.45. The third kappa shape index (κ3) is 3.44. The number of carboxylic acid groups (broad SMARTS) is 1. The first-order valence-corrected chi connectivity index (χ1v) is 8.34. The molecule has 1 fully saturated rings. The molecule has 2 amide bonds. The Hall–Kier alpha value is -3.15. The summed E-state index contributed by atoms with van der Waals surface area (Å²) in [6.45, 7) is 1.73. The molecule has 1 heterocycles. The van der Waals surface area contributed by atoms with E-state index in [0.717, 1.165) is 10.5 Å². The smallest absolute Gasteiger partial charge is 0.417 e. The maximum atomic E-state index is 13.0. The van der Waals surface area contributed by atoms with Crippen molar-refractivity contribution < 1.29 is 24.2 Å². The Morgan fingerprint density at radius 2 is 1.65 bits per heavy atom. The number of nitrogens with zero attached hydrogens (tertiary/aromatic N) is 1. The maximum absolute atomic E-state index is 13.0. The van der Waals surface area contributed by atoms with Gasteiger partial charge >= 0.3 is 12.1 Å². The van der Waals surface area contributed by atoms with Gasteiger partial charge in [-0.2, -0.15) is 0 Å². The highest BCUT2D eigenvalue weighted by molar-refractivity contribution is 5.98. The van der Waals surface area contributed by atoms with Gasteiger partial charge in [-0.3, -0.25) is 9.59 Å². The molecule has 3 atom stereocenters. The molecule has 0 saturated carbocycles. The minimum atomic E-state index is -1.10. The molecule has 0 bridgehead atoms. The molecule has 0 spiro atoms. The number of imide groups is 1. The number of rotatable bonds is 5. The molecule has 1 N–H and O–H groups in total. The van der Waals surface area contributed by atoms with E-state index in [2.05, 4.69) is 0 Å². The number of benzene rings is 2. The summed E-state index contributed by atoms with van der Waals surface area (Å²) in [7, 11) is 0. The van der Waals surface area contributed by atoms with Crippen molar-refractivity contribution in [2.24, 2.45) is 0 Å². The van der Waals surface area contributed by atoms with Crippen LogP contribution in [0.3, 0.4) is 0 Å². The minimum Gasteiger partial charge on any atom is -0.481 e. The molecule has 1 saturated heterocycles. The number of hydrogen-bond acceptors (Lipinski definition) is 4. The summed E-state index contributed by atoms with van der Waals surface area (Å²) in [5, 5.41) is 9.21. The summed E-state index contributed by atoms with van der Waals surface area (Å²) in [5.74, 6) is -2.61. The summed E-state index contributed by atoms with van der Waals surface area (Å²) in [4.78, 5) is 37.7. The van der Waals surface area contributed by atoms with E-state index in [0.29, 0.717) is 5.56 Å². The molecule has 0 unspecified atom stereocenters. The van der Waals surface area contributed by atoms with Crippen molar-refractivity contribution in [1.29, 1.82) is 0 Å². The number of carboxylic acids is 1. The highest BCUT2D eigenvalue weighted by Crippen LogP contribution is 2.35. The topological polar surface area (TPSA) is 83.9 Å². The van der Waals surface area contributed by atoms with Crippen molar-refractivity contribution in [2.75, 3.05) is 0 Å². The summed E-state index contributed by atoms with van der Waals surface area (Å²) < 4.78 is 5.40. The van der Waals surface area contributed by atoms with Crippen molar-refractivity contribution in [1.82, 2.24) is 4.90 Å². The fourth-order valence-corrected chi connectivity index (χ4v) is 3.22.